The number of likely N-dealkylation sites (N-methyl/N-ethyl adjacent to an activating group) is 1. The van der Waals surface area contributed by atoms with Gasteiger partial charge in [-0.3, -0.25) is 9.69 Å². The molecular weight excluding hydrogens is 268 g/mol. The molecule has 1 aliphatic heterocycles. The zero-order valence-electron chi connectivity index (χ0n) is 13.2. The molecule has 1 saturated heterocycles. The zero-order chi connectivity index (χ0) is 15.4. The Morgan fingerprint density at radius 3 is 2.81 bits per heavy atom. The van der Waals surface area contributed by atoms with Crippen LogP contribution in [-0.4, -0.2) is 62.7 Å². The fourth-order valence-corrected chi connectivity index (χ4v) is 2.52. The normalized spacial score (nSPS) is 22.3. The third kappa shape index (κ3) is 3.92. The van der Waals surface area contributed by atoms with Crippen molar-refractivity contribution in [2.24, 2.45) is 0 Å². The molecule has 2 atom stereocenters. The maximum Gasteiger partial charge on any atom is 0.237 e. The number of hydrogen-bond acceptors (Lipinski definition) is 5. The molecule has 2 heterocycles. The van der Waals surface area contributed by atoms with Gasteiger partial charge in [0.05, 0.1) is 12.1 Å². The van der Waals surface area contributed by atoms with Crippen LogP contribution < -0.4 is 10.2 Å². The predicted molar refractivity (Wildman–Crippen MR) is 82.2 cm³/mol. The molecule has 0 aromatic carbocycles. The Hall–Kier alpha value is -1.66. The summed E-state index contributed by atoms with van der Waals surface area (Å²) in [5, 5.41) is 2.97. The van der Waals surface area contributed by atoms with Crippen LogP contribution in [0.1, 0.15) is 12.0 Å². The Morgan fingerprint density at radius 2 is 2.29 bits per heavy atom. The third-order valence-electron chi connectivity index (χ3n) is 3.88. The molecular formula is C15H24N4O2. The molecule has 1 aromatic rings. The van der Waals surface area contributed by atoms with Gasteiger partial charge in [-0.05, 0) is 25.1 Å². The second-order valence-corrected chi connectivity index (χ2v) is 5.69. The minimum absolute atomic E-state index is 0.0498. The van der Waals surface area contributed by atoms with E-state index in [1.165, 1.54) is 0 Å². The van der Waals surface area contributed by atoms with Crippen molar-refractivity contribution < 1.29 is 9.53 Å². The number of anilines is 1. The molecule has 1 N–H and O–H groups in total. The second kappa shape index (κ2) is 6.87. The maximum atomic E-state index is 12.2. The highest BCUT2D eigenvalue weighted by Gasteiger charge is 2.34. The first-order valence-electron chi connectivity index (χ1n) is 7.14. The summed E-state index contributed by atoms with van der Waals surface area (Å²) in [6, 6.07) is 3.83. The summed E-state index contributed by atoms with van der Waals surface area (Å²) in [5.74, 6) is 0.956. The van der Waals surface area contributed by atoms with E-state index < -0.39 is 0 Å². The van der Waals surface area contributed by atoms with Crippen molar-refractivity contribution in [3.8, 4) is 0 Å². The van der Waals surface area contributed by atoms with Crippen molar-refractivity contribution in [1.82, 2.24) is 15.2 Å². The van der Waals surface area contributed by atoms with Gasteiger partial charge in [-0.25, -0.2) is 4.98 Å². The minimum Gasteiger partial charge on any atom is -0.380 e. The van der Waals surface area contributed by atoms with Gasteiger partial charge < -0.3 is 15.0 Å². The molecule has 1 aliphatic rings. The molecule has 2 rings (SSSR count). The minimum atomic E-state index is -0.107. The van der Waals surface area contributed by atoms with Gasteiger partial charge in [-0.15, -0.1) is 0 Å². The van der Waals surface area contributed by atoms with E-state index in [1.54, 1.807) is 13.3 Å². The first kappa shape index (κ1) is 15.7. The van der Waals surface area contributed by atoms with Crippen LogP contribution in [0.4, 0.5) is 5.82 Å². The lowest BCUT2D eigenvalue weighted by Crippen LogP contribution is -2.41. The molecule has 6 nitrogen and oxygen atoms in total. The Bertz CT molecular complexity index is 475. The number of aromatic nitrogens is 1. The summed E-state index contributed by atoms with van der Waals surface area (Å²) in [4.78, 5) is 20.6. The average Bonchev–Trinajstić information content (AvgIpc) is 2.86. The Morgan fingerprint density at radius 1 is 1.52 bits per heavy atom. The number of nitrogens with one attached hydrogen (secondary N) is 1. The van der Waals surface area contributed by atoms with Gasteiger partial charge >= 0.3 is 0 Å². The van der Waals surface area contributed by atoms with Gasteiger partial charge in [0, 0.05) is 40.5 Å². The number of carbonyl (C=O) groups is 1. The zero-order valence-corrected chi connectivity index (χ0v) is 13.2. The lowest BCUT2D eigenvalue weighted by molar-refractivity contribution is -0.125. The van der Waals surface area contributed by atoms with Crippen molar-refractivity contribution in [2.45, 2.75) is 25.1 Å². The summed E-state index contributed by atoms with van der Waals surface area (Å²) in [5.41, 5.74) is 0.998. The van der Waals surface area contributed by atoms with Crippen LogP contribution >= 0.6 is 0 Å². The lowest BCUT2D eigenvalue weighted by Gasteiger charge is -2.18. The number of pyridine rings is 1. The summed E-state index contributed by atoms with van der Waals surface area (Å²) in [6.45, 7) is 1.30. The molecule has 0 radical (unpaired) electrons. The Kier molecular flexibility index (Phi) is 5.14. The van der Waals surface area contributed by atoms with Gasteiger partial charge in [0.1, 0.15) is 5.82 Å². The summed E-state index contributed by atoms with van der Waals surface area (Å²) in [6.07, 6.45) is 2.69. The number of likely N-dealkylation sites (tertiary alicyclic amines) is 1. The number of amides is 1. The maximum absolute atomic E-state index is 12.2. The van der Waals surface area contributed by atoms with E-state index in [4.69, 9.17) is 4.74 Å². The van der Waals surface area contributed by atoms with Crippen LogP contribution in [0, 0.1) is 0 Å². The van der Waals surface area contributed by atoms with Crippen LogP contribution in [0.2, 0.25) is 0 Å². The van der Waals surface area contributed by atoms with Crippen molar-refractivity contribution in [3.05, 3.63) is 23.9 Å². The number of nitrogens with zero attached hydrogens (tertiary/aromatic N) is 3. The van der Waals surface area contributed by atoms with Crippen LogP contribution in [0.15, 0.2) is 18.3 Å². The van der Waals surface area contributed by atoms with Crippen molar-refractivity contribution in [2.75, 3.05) is 39.7 Å². The first-order valence-corrected chi connectivity index (χ1v) is 7.14. The van der Waals surface area contributed by atoms with E-state index in [1.807, 2.05) is 43.1 Å². The van der Waals surface area contributed by atoms with Crippen molar-refractivity contribution >= 4 is 11.7 Å². The van der Waals surface area contributed by atoms with Crippen molar-refractivity contribution in [3.63, 3.8) is 0 Å². The smallest absolute Gasteiger partial charge is 0.237 e. The topological polar surface area (TPSA) is 57.7 Å². The molecule has 1 fully saturated rings. The molecule has 1 aromatic heterocycles. The Balaban J connectivity index is 1.86. The van der Waals surface area contributed by atoms with Crippen molar-refractivity contribution in [1.29, 1.82) is 0 Å². The molecule has 0 spiro atoms. The van der Waals surface area contributed by atoms with E-state index >= 15 is 0 Å². The molecule has 1 amide bonds. The predicted octanol–water partition coefficient (Wildman–Crippen LogP) is 0.483. The second-order valence-electron chi connectivity index (χ2n) is 5.69. The van der Waals surface area contributed by atoms with E-state index in [9.17, 15) is 4.79 Å². The largest absolute Gasteiger partial charge is 0.380 e. The van der Waals surface area contributed by atoms with Crippen LogP contribution in [-0.2, 0) is 16.1 Å². The van der Waals surface area contributed by atoms with Crippen LogP contribution in [0.25, 0.3) is 0 Å². The highest BCUT2D eigenvalue weighted by atomic mass is 16.5. The number of hydrogen-bond donors (Lipinski definition) is 1. The van der Waals surface area contributed by atoms with E-state index in [-0.39, 0.29) is 18.1 Å². The summed E-state index contributed by atoms with van der Waals surface area (Å²) < 4.78 is 5.32. The SMILES string of the molecule is CO[C@H]1C[C@@H](C(=O)NCc2ccc(N(C)C)nc2)N(C)C1. The average molecular weight is 292 g/mol. The standard InChI is InChI=1S/C15H24N4O2/c1-18(2)14-6-5-11(8-16-14)9-17-15(20)13-7-12(21-4)10-19(13)3/h5-6,8,12-13H,7,9-10H2,1-4H3,(H,17,20)/t12-,13-/m0/s1. The van der Waals surface area contributed by atoms with Gasteiger partial charge in [0.15, 0.2) is 0 Å². The van der Waals surface area contributed by atoms with E-state index in [0.29, 0.717) is 6.54 Å². The molecule has 0 bridgehead atoms. The van der Waals surface area contributed by atoms with E-state index in [0.717, 1.165) is 24.3 Å². The van der Waals surface area contributed by atoms with Gasteiger partial charge in [0.25, 0.3) is 0 Å². The van der Waals surface area contributed by atoms with E-state index in [2.05, 4.69) is 10.3 Å². The van der Waals surface area contributed by atoms with Gasteiger partial charge in [-0.1, -0.05) is 6.07 Å². The fraction of sp³-hybridized carbons (Fsp3) is 0.600. The summed E-state index contributed by atoms with van der Waals surface area (Å²) in [7, 11) is 7.55. The van der Waals surface area contributed by atoms with Gasteiger partial charge in [0.2, 0.25) is 5.91 Å². The van der Waals surface area contributed by atoms with Crippen LogP contribution in [0.3, 0.4) is 0 Å². The van der Waals surface area contributed by atoms with Gasteiger partial charge in [-0.2, -0.15) is 0 Å². The molecule has 116 valence electrons. The third-order valence-corrected chi connectivity index (χ3v) is 3.88. The fourth-order valence-electron chi connectivity index (χ4n) is 2.52. The number of ether oxygens (including phenoxy) is 1. The molecule has 0 aliphatic carbocycles. The quantitative estimate of drug-likeness (QED) is 0.855. The van der Waals surface area contributed by atoms with Crippen LogP contribution in [0.5, 0.6) is 0 Å². The highest BCUT2D eigenvalue weighted by molar-refractivity contribution is 5.82. The number of rotatable bonds is 5. The number of methoxy groups -OCH3 is 1. The molecule has 0 unspecified atom stereocenters. The lowest BCUT2D eigenvalue weighted by atomic mass is 10.2. The Labute approximate surface area is 126 Å². The first-order chi connectivity index (χ1) is 10.0. The molecule has 0 saturated carbocycles. The highest BCUT2D eigenvalue weighted by Crippen LogP contribution is 2.18. The molecule has 21 heavy (non-hydrogen) atoms. The number of carbonyl (C=O) groups excluding carboxylic acids is 1. The molecule has 6 heteroatoms. The monoisotopic (exact) mass is 292 g/mol. The summed E-state index contributed by atoms with van der Waals surface area (Å²) >= 11 is 0.